The molecule has 1 saturated heterocycles. The highest BCUT2D eigenvalue weighted by atomic mass is 19.2. The molecule has 1 N–H and O–H groups in total. The van der Waals surface area contributed by atoms with Crippen molar-refractivity contribution in [3.63, 3.8) is 0 Å². The first-order chi connectivity index (χ1) is 12.5. The molecule has 2 aromatic rings. The third-order valence-corrected chi connectivity index (χ3v) is 4.25. The van der Waals surface area contributed by atoms with Crippen LogP contribution in [0.1, 0.15) is 17.0 Å². The second kappa shape index (κ2) is 8.09. The number of furan rings is 1. The van der Waals surface area contributed by atoms with Crippen molar-refractivity contribution in [2.45, 2.75) is 6.42 Å². The van der Waals surface area contributed by atoms with E-state index in [1.165, 1.54) is 12.3 Å². The minimum Gasteiger partial charge on any atom is -0.459 e. The number of piperazine rings is 1. The molecule has 3 rings (SSSR count). The number of hydrogen-bond donors (Lipinski definition) is 1. The summed E-state index contributed by atoms with van der Waals surface area (Å²) in [6.07, 6.45) is 1.69. The highest BCUT2D eigenvalue weighted by Crippen LogP contribution is 2.14. The molecule has 2 amide bonds. The SMILES string of the molecule is O=C(CCN1CCN(C(=O)c2ccco2)CC1)Nc1ccc(F)c(F)c1. The van der Waals surface area contributed by atoms with Crippen LogP contribution in [0.2, 0.25) is 0 Å². The van der Waals surface area contributed by atoms with Gasteiger partial charge in [-0.3, -0.25) is 14.5 Å². The molecule has 1 aromatic heterocycles. The van der Waals surface area contributed by atoms with Crippen molar-refractivity contribution in [1.82, 2.24) is 9.80 Å². The summed E-state index contributed by atoms with van der Waals surface area (Å²) >= 11 is 0. The smallest absolute Gasteiger partial charge is 0.289 e. The number of rotatable bonds is 5. The van der Waals surface area contributed by atoms with Gasteiger partial charge in [-0.2, -0.15) is 0 Å². The maximum atomic E-state index is 13.1. The van der Waals surface area contributed by atoms with E-state index < -0.39 is 11.6 Å². The fraction of sp³-hybridized carbons (Fsp3) is 0.333. The molecule has 1 aromatic carbocycles. The van der Waals surface area contributed by atoms with Crippen molar-refractivity contribution < 1.29 is 22.8 Å². The van der Waals surface area contributed by atoms with E-state index in [0.717, 1.165) is 12.1 Å². The zero-order chi connectivity index (χ0) is 18.5. The first kappa shape index (κ1) is 18.1. The van der Waals surface area contributed by atoms with Crippen LogP contribution in [0.15, 0.2) is 41.0 Å². The summed E-state index contributed by atoms with van der Waals surface area (Å²) in [6.45, 7) is 2.96. The van der Waals surface area contributed by atoms with Crippen molar-refractivity contribution in [2.75, 3.05) is 38.0 Å². The zero-order valence-electron chi connectivity index (χ0n) is 14.1. The molecule has 1 aliphatic rings. The molecule has 1 aliphatic heterocycles. The number of nitrogens with one attached hydrogen (secondary N) is 1. The summed E-state index contributed by atoms with van der Waals surface area (Å²) in [5.74, 6) is -2.04. The number of anilines is 1. The quantitative estimate of drug-likeness (QED) is 0.886. The van der Waals surface area contributed by atoms with Crippen LogP contribution < -0.4 is 5.32 Å². The summed E-state index contributed by atoms with van der Waals surface area (Å²) in [6, 6.07) is 6.55. The monoisotopic (exact) mass is 363 g/mol. The van der Waals surface area contributed by atoms with Crippen molar-refractivity contribution in [3.8, 4) is 0 Å². The van der Waals surface area contributed by atoms with E-state index in [2.05, 4.69) is 10.2 Å². The summed E-state index contributed by atoms with van der Waals surface area (Å²) in [4.78, 5) is 27.9. The van der Waals surface area contributed by atoms with Crippen LogP contribution >= 0.6 is 0 Å². The average molecular weight is 363 g/mol. The van der Waals surface area contributed by atoms with Gasteiger partial charge in [0.1, 0.15) is 0 Å². The van der Waals surface area contributed by atoms with Crippen molar-refractivity contribution >= 4 is 17.5 Å². The molecule has 0 radical (unpaired) electrons. The van der Waals surface area contributed by atoms with Gasteiger partial charge in [-0.1, -0.05) is 0 Å². The van der Waals surface area contributed by atoms with Crippen LogP contribution in [-0.2, 0) is 4.79 Å². The number of nitrogens with zero attached hydrogens (tertiary/aromatic N) is 2. The van der Waals surface area contributed by atoms with Gasteiger partial charge in [0.2, 0.25) is 5.91 Å². The second-order valence-electron chi connectivity index (χ2n) is 6.04. The predicted molar refractivity (Wildman–Crippen MR) is 90.7 cm³/mol. The van der Waals surface area contributed by atoms with Gasteiger partial charge in [-0.15, -0.1) is 0 Å². The topological polar surface area (TPSA) is 65.8 Å². The van der Waals surface area contributed by atoms with Gasteiger partial charge in [0.15, 0.2) is 17.4 Å². The lowest BCUT2D eigenvalue weighted by atomic mass is 10.2. The van der Waals surface area contributed by atoms with Gasteiger partial charge < -0.3 is 14.6 Å². The number of benzene rings is 1. The predicted octanol–water partition coefficient (Wildman–Crippen LogP) is 2.34. The first-order valence-corrected chi connectivity index (χ1v) is 8.33. The Labute approximate surface area is 149 Å². The highest BCUT2D eigenvalue weighted by Gasteiger charge is 2.23. The molecule has 0 spiro atoms. The summed E-state index contributed by atoms with van der Waals surface area (Å²) in [5, 5.41) is 2.55. The molecule has 8 heteroatoms. The maximum absolute atomic E-state index is 13.1. The molecule has 0 unspecified atom stereocenters. The summed E-state index contributed by atoms with van der Waals surface area (Å²) in [7, 11) is 0. The molecular weight excluding hydrogens is 344 g/mol. The normalized spacial score (nSPS) is 15.1. The maximum Gasteiger partial charge on any atom is 0.289 e. The van der Waals surface area contributed by atoms with Crippen LogP contribution in [0.3, 0.4) is 0 Å². The number of amides is 2. The summed E-state index contributed by atoms with van der Waals surface area (Å²) < 4.78 is 31.1. The van der Waals surface area contributed by atoms with Crippen LogP contribution in [-0.4, -0.2) is 54.3 Å². The second-order valence-corrected chi connectivity index (χ2v) is 6.04. The first-order valence-electron chi connectivity index (χ1n) is 8.33. The van der Waals surface area contributed by atoms with Gasteiger partial charge in [0, 0.05) is 50.9 Å². The Morgan fingerprint density at radius 2 is 1.85 bits per heavy atom. The lowest BCUT2D eigenvalue weighted by molar-refractivity contribution is -0.116. The van der Waals surface area contributed by atoms with Crippen molar-refractivity contribution in [3.05, 3.63) is 54.0 Å². The van der Waals surface area contributed by atoms with Gasteiger partial charge in [-0.25, -0.2) is 8.78 Å². The number of carbonyl (C=O) groups excluding carboxylic acids is 2. The number of carbonyl (C=O) groups is 2. The van der Waals surface area contributed by atoms with Gasteiger partial charge in [-0.05, 0) is 24.3 Å². The Bertz CT molecular complexity index is 772. The van der Waals surface area contributed by atoms with Gasteiger partial charge >= 0.3 is 0 Å². The Hall–Kier alpha value is -2.74. The molecule has 0 saturated carbocycles. The van der Waals surface area contributed by atoms with E-state index in [4.69, 9.17) is 4.42 Å². The van der Waals surface area contributed by atoms with E-state index in [-0.39, 0.29) is 23.9 Å². The molecule has 1 fully saturated rings. The molecule has 0 aliphatic carbocycles. The minimum absolute atomic E-state index is 0.134. The molecule has 6 nitrogen and oxygen atoms in total. The molecule has 0 bridgehead atoms. The van der Waals surface area contributed by atoms with E-state index in [9.17, 15) is 18.4 Å². The average Bonchev–Trinajstić information content (AvgIpc) is 3.18. The van der Waals surface area contributed by atoms with Crippen molar-refractivity contribution in [1.29, 1.82) is 0 Å². The largest absolute Gasteiger partial charge is 0.459 e. The number of hydrogen-bond acceptors (Lipinski definition) is 4. The molecular formula is C18H19F2N3O3. The third-order valence-electron chi connectivity index (χ3n) is 4.25. The van der Waals surface area contributed by atoms with E-state index >= 15 is 0 Å². The van der Waals surface area contributed by atoms with E-state index in [1.807, 2.05) is 0 Å². The summed E-state index contributed by atoms with van der Waals surface area (Å²) in [5.41, 5.74) is 0.225. The lowest BCUT2D eigenvalue weighted by Crippen LogP contribution is -2.49. The minimum atomic E-state index is -1.000. The Morgan fingerprint density at radius 1 is 1.08 bits per heavy atom. The fourth-order valence-electron chi connectivity index (χ4n) is 2.79. The van der Waals surface area contributed by atoms with Crippen LogP contribution in [0.25, 0.3) is 0 Å². The van der Waals surface area contributed by atoms with E-state index in [0.29, 0.717) is 38.5 Å². The van der Waals surface area contributed by atoms with E-state index in [1.54, 1.807) is 17.0 Å². The fourth-order valence-corrected chi connectivity index (χ4v) is 2.79. The Kier molecular flexibility index (Phi) is 5.62. The molecule has 2 heterocycles. The lowest BCUT2D eigenvalue weighted by Gasteiger charge is -2.34. The molecule has 138 valence electrons. The third kappa shape index (κ3) is 4.45. The van der Waals surface area contributed by atoms with Gasteiger partial charge in [0.05, 0.1) is 6.26 Å². The van der Waals surface area contributed by atoms with Crippen molar-refractivity contribution in [2.24, 2.45) is 0 Å². The van der Waals surface area contributed by atoms with Crippen LogP contribution in [0.4, 0.5) is 14.5 Å². The standard InChI is InChI=1S/C18H19F2N3O3/c19-14-4-3-13(12-15(14)20)21-17(24)5-6-22-7-9-23(10-8-22)18(25)16-2-1-11-26-16/h1-4,11-12H,5-10H2,(H,21,24). The van der Waals surface area contributed by atoms with Crippen LogP contribution in [0, 0.1) is 11.6 Å². The van der Waals surface area contributed by atoms with Crippen LogP contribution in [0.5, 0.6) is 0 Å². The zero-order valence-corrected chi connectivity index (χ0v) is 14.1. The van der Waals surface area contributed by atoms with Gasteiger partial charge in [0.25, 0.3) is 5.91 Å². The molecule has 26 heavy (non-hydrogen) atoms. The molecule has 0 atom stereocenters. The Morgan fingerprint density at radius 3 is 2.50 bits per heavy atom. The highest BCUT2D eigenvalue weighted by molar-refractivity contribution is 5.91. The Balaban J connectivity index is 1.41. The number of halogens is 2.